The van der Waals surface area contributed by atoms with E-state index in [-0.39, 0.29) is 5.75 Å². The minimum absolute atomic E-state index is 0.0230. The molecule has 130 valence electrons. The van der Waals surface area contributed by atoms with Crippen LogP contribution in [0.25, 0.3) is 0 Å². The van der Waals surface area contributed by atoms with Gasteiger partial charge in [0.1, 0.15) is 0 Å². The van der Waals surface area contributed by atoms with Gasteiger partial charge >= 0.3 is 5.97 Å². The molecule has 2 aromatic rings. The summed E-state index contributed by atoms with van der Waals surface area (Å²) in [6.45, 7) is 1.47. The number of methoxy groups -OCH3 is 1. The van der Waals surface area contributed by atoms with Gasteiger partial charge in [-0.3, -0.25) is 4.79 Å². The topological polar surface area (TPSA) is 77.0 Å². The number of esters is 1. The lowest BCUT2D eigenvalue weighted by Gasteiger charge is -2.13. The minimum atomic E-state index is -0.954. The Morgan fingerprint density at radius 1 is 1.16 bits per heavy atom. The predicted octanol–water partition coefficient (Wildman–Crippen LogP) is 2.53. The Labute approximate surface area is 144 Å². The van der Waals surface area contributed by atoms with Crippen molar-refractivity contribution >= 4 is 18.1 Å². The molecule has 0 unspecified atom stereocenters. The van der Waals surface area contributed by atoms with E-state index in [0.29, 0.717) is 11.1 Å². The van der Waals surface area contributed by atoms with Crippen LogP contribution in [-0.4, -0.2) is 31.3 Å². The summed E-state index contributed by atoms with van der Waals surface area (Å²) >= 11 is 0. The summed E-state index contributed by atoms with van der Waals surface area (Å²) in [5.41, 5.74) is 3.09. The van der Waals surface area contributed by atoms with Crippen LogP contribution in [0.5, 0.6) is 5.75 Å². The van der Waals surface area contributed by atoms with Gasteiger partial charge in [0.2, 0.25) is 0 Å². The summed E-state index contributed by atoms with van der Waals surface area (Å²) < 4.78 is 23.4. The minimum Gasteiger partial charge on any atom is -0.478 e. The van der Waals surface area contributed by atoms with Gasteiger partial charge in [0, 0.05) is 5.56 Å². The van der Waals surface area contributed by atoms with E-state index in [4.69, 9.17) is 4.74 Å². The zero-order valence-electron chi connectivity index (χ0n) is 13.7. The van der Waals surface area contributed by atoms with Crippen molar-refractivity contribution in [2.24, 2.45) is 5.10 Å². The molecule has 0 fully saturated rings. The molecule has 6 nitrogen and oxygen atoms in total. The lowest BCUT2D eigenvalue weighted by Crippen LogP contribution is -2.33. The van der Waals surface area contributed by atoms with Crippen molar-refractivity contribution in [3.05, 3.63) is 65.5 Å². The number of halogens is 1. The van der Waals surface area contributed by atoms with Gasteiger partial charge in [0.15, 0.2) is 17.7 Å². The number of hydrazone groups is 1. The van der Waals surface area contributed by atoms with Crippen molar-refractivity contribution < 1.29 is 23.5 Å². The van der Waals surface area contributed by atoms with Gasteiger partial charge in [0.05, 0.1) is 18.9 Å². The van der Waals surface area contributed by atoms with Crippen molar-refractivity contribution in [2.45, 2.75) is 13.0 Å². The molecule has 1 atom stereocenters. The quantitative estimate of drug-likeness (QED) is 0.496. The number of rotatable bonds is 6. The summed E-state index contributed by atoms with van der Waals surface area (Å²) in [6, 6.07) is 12.4. The van der Waals surface area contributed by atoms with Crippen molar-refractivity contribution in [2.75, 3.05) is 7.11 Å². The van der Waals surface area contributed by atoms with Crippen molar-refractivity contribution in [1.82, 2.24) is 5.43 Å². The molecule has 25 heavy (non-hydrogen) atoms. The van der Waals surface area contributed by atoms with E-state index < -0.39 is 23.8 Å². The van der Waals surface area contributed by atoms with Crippen molar-refractivity contribution in [1.29, 1.82) is 0 Å². The molecular formula is C18H17FN2O4. The van der Waals surface area contributed by atoms with E-state index in [1.54, 1.807) is 30.3 Å². The molecule has 0 spiro atoms. The fraction of sp³-hybridized carbons (Fsp3) is 0.167. The maximum absolute atomic E-state index is 13.5. The fourth-order valence-corrected chi connectivity index (χ4v) is 1.95. The standard InChI is InChI=1S/C18H17FN2O4/c1-12(25-16-10-6-5-9-15(16)19)17(22)21-20-11-13-7-3-4-8-14(13)18(23)24-2/h3-12H,1-2H3,(H,21,22)/b20-11-/t12-/m0/s1. The highest BCUT2D eigenvalue weighted by Crippen LogP contribution is 2.17. The van der Waals surface area contributed by atoms with E-state index in [0.717, 1.165) is 0 Å². The van der Waals surface area contributed by atoms with E-state index in [2.05, 4.69) is 15.3 Å². The first-order valence-corrected chi connectivity index (χ1v) is 7.44. The van der Waals surface area contributed by atoms with Crippen molar-refractivity contribution in [3.63, 3.8) is 0 Å². The van der Waals surface area contributed by atoms with E-state index in [9.17, 15) is 14.0 Å². The van der Waals surface area contributed by atoms with Gasteiger partial charge < -0.3 is 9.47 Å². The summed E-state index contributed by atoms with van der Waals surface area (Å²) in [7, 11) is 1.28. The van der Waals surface area contributed by atoms with Crippen LogP contribution in [0.2, 0.25) is 0 Å². The SMILES string of the molecule is COC(=O)c1ccccc1/C=N\NC(=O)[C@H](C)Oc1ccccc1F. The molecule has 0 saturated carbocycles. The summed E-state index contributed by atoms with van der Waals surface area (Å²) in [4.78, 5) is 23.6. The Morgan fingerprint density at radius 2 is 1.84 bits per heavy atom. The van der Waals surface area contributed by atoms with Crippen LogP contribution in [0.1, 0.15) is 22.8 Å². The Bertz CT molecular complexity index is 792. The molecule has 2 aromatic carbocycles. The third-order valence-electron chi connectivity index (χ3n) is 3.25. The molecule has 0 bridgehead atoms. The summed E-state index contributed by atoms with van der Waals surface area (Å²) in [6.07, 6.45) is 0.366. The van der Waals surface area contributed by atoms with Gasteiger partial charge in [0.25, 0.3) is 5.91 Å². The average molecular weight is 344 g/mol. The summed E-state index contributed by atoms with van der Waals surface area (Å²) in [5, 5.41) is 3.80. The number of ether oxygens (including phenoxy) is 2. The normalized spacial score (nSPS) is 11.8. The predicted molar refractivity (Wildman–Crippen MR) is 90.0 cm³/mol. The first-order valence-electron chi connectivity index (χ1n) is 7.44. The molecule has 1 amide bonds. The number of carbonyl (C=O) groups is 2. The second-order valence-electron chi connectivity index (χ2n) is 5.00. The second-order valence-corrected chi connectivity index (χ2v) is 5.00. The number of benzene rings is 2. The maximum atomic E-state index is 13.5. The third-order valence-corrected chi connectivity index (χ3v) is 3.25. The highest BCUT2D eigenvalue weighted by Gasteiger charge is 2.16. The molecular weight excluding hydrogens is 327 g/mol. The van der Waals surface area contributed by atoms with Gasteiger partial charge in [-0.25, -0.2) is 14.6 Å². The molecule has 1 N–H and O–H groups in total. The first-order chi connectivity index (χ1) is 12.0. The lowest BCUT2D eigenvalue weighted by molar-refractivity contribution is -0.127. The summed E-state index contributed by atoms with van der Waals surface area (Å²) in [5.74, 6) is -1.65. The van der Waals surface area contributed by atoms with Gasteiger partial charge in [-0.15, -0.1) is 0 Å². The first kappa shape index (κ1) is 18.1. The molecule has 0 aromatic heterocycles. The Balaban J connectivity index is 1.99. The number of nitrogens with zero attached hydrogens (tertiary/aromatic N) is 1. The fourth-order valence-electron chi connectivity index (χ4n) is 1.95. The van der Waals surface area contributed by atoms with E-state index >= 15 is 0 Å². The zero-order valence-corrected chi connectivity index (χ0v) is 13.7. The maximum Gasteiger partial charge on any atom is 0.338 e. The molecule has 7 heteroatoms. The van der Waals surface area contributed by atoms with Gasteiger partial charge in [-0.2, -0.15) is 5.10 Å². The Kier molecular flexibility index (Phi) is 6.22. The van der Waals surface area contributed by atoms with E-state index in [1.165, 1.54) is 38.4 Å². The van der Waals surface area contributed by atoms with Crippen LogP contribution in [0, 0.1) is 5.82 Å². The van der Waals surface area contributed by atoms with Crippen LogP contribution in [-0.2, 0) is 9.53 Å². The molecule has 0 aliphatic carbocycles. The second kappa shape index (κ2) is 8.58. The molecule has 0 saturated heterocycles. The monoisotopic (exact) mass is 344 g/mol. The smallest absolute Gasteiger partial charge is 0.338 e. The highest BCUT2D eigenvalue weighted by molar-refractivity contribution is 5.99. The molecule has 0 aliphatic heterocycles. The lowest BCUT2D eigenvalue weighted by atomic mass is 10.1. The number of nitrogens with one attached hydrogen (secondary N) is 1. The average Bonchev–Trinajstić information content (AvgIpc) is 2.63. The highest BCUT2D eigenvalue weighted by atomic mass is 19.1. The zero-order chi connectivity index (χ0) is 18.2. The van der Waals surface area contributed by atoms with Crippen LogP contribution in [0.4, 0.5) is 4.39 Å². The molecule has 0 aliphatic rings. The third kappa shape index (κ3) is 4.87. The van der Waals surface area contributed by atoms with Crippen molar-refractivity contribution in [3.8, 4) is 5.75 Å². The number of amides is 1. The van der Waals surface area contributed by atoms with E-state index in [1.807, 2.05) is 0 Å². The number of carbonyl (C=O) groups excluding carboxylic acids is 2. The van der Waals surface area contributed by atoms with Gasteiger partial charge in [-0.05, 0) is 25.1 Å². The van der Waals surface area contributed by atoms with Crippen LogP contribution in [0.3, 0.4) is 0 Å². The molecule has 0 radical (unpaired) electrons. The molecule has 0 heterocycles. The Hall–Kier alpha value is -3.22. The van der Waals surface area contributed by atoms with Crippen LogP contribution >= 0.6 is 0 Å². The number of para-hydroxylation sites is 1. The van der Waals surface area contributed by atoms with Gasteiger partial charge in [-0.1, -0.05) is 30.3 Å². The van der Waals surface area contributed by atoms with Crippen LogP contribution < -0.4 is 10.2 Å². The largest absolute Gasteiger partial charge is 0.478 e. The van der Waals surface area contributed by atoms with Crippen LogP contribution in [0.15, 0.2) is 53.6 Å². The Morgan fingerprint density at radius 3 is 2.56 bits per heavy atom. The number of hydrogen-bond donors (Lipinski definition) is 1. The number of hydrogen-bond acceptors (Lipinski definition) is 5. The molecule has 2 rings (SSSR count).